The van der Waals surface area contributed by atoms with E-state index in [9.17, 15) is 4.79 Å². The summed E-state index contributed by atoms with van der Waals surface area (Å²) < 4.78 is 10.0. The minimum absolute atomic E-state index is 0.113. The number of hydrogen-bond acceptors (Lipinski definition) is 4. The average Bonchev–Trinajstić information content (AvgIpc) is 2.86. The summed E-state index contributed by atoms with van der Waals surface area (Å²) in [5, 5.41) is 3.45. The second-order valence-electron chi connectivity index (χ2n) is 5.21. The molecule has 16 heavy (non-hydrogen) atoms. The van der Waals surface area contributed by atoms with Crippen molar-refractivity contribution in [2.75, 3.05) is 6.61 Å². The predicted octanol–water partition coefficient (Wildman–Crippen LogP) is 1.89. The zero-order valence-corrected chi connectivity index (χ0v) is 9.65. The first-order chi connectivity index (χ1) is 7.78. The normalized spacial score (nSPS) is 44.4. The van der Waals surface area contributed by atoms with Crippen LogP contribution in [-0.4, -0.2) is 25.0 Å². The number of rotatable bonds is 2. The van der Waals surface area contributed by atoms with Crippen LogP contribution < -0.4 is 5.32 Å². The van der Waals surface area contributed by atoms with Gasteiger partial charge in [-0.25, -0.2) is 4.79 Å². The molecule has 0 spiro atoms. The third-order valence-corrected chi connectivity index (χ3v) is 4.45. The first kappa shape index (κ1) is 10.4. The van der Waals surface area contributed by atoms with Crippen LogP contribution in [-0.2, 0) is 9.47 Å². The van der Waals surface area contributed by atoms with Gasteiger partial charge in [0.15, 0.2) is 6.23 Å². The highest BCUT2D eigenvalue weighted by Gasteiger charge is 2.52. The number of ether oxygens (including phenoxy) is 2. The maximum atomic E-state index is 11.2. The quantitative estimate of drug-likeness (QED) is 0.729. The smallest absolute Gasteiger partial charge is 0.435 e. The van der Waals surface area contributed by atoms with Crippen LogP contribution in [0.15, 0.2) is 0 Å². The summed E-state index contributed by atoms with van der Waals surface area (Å²) in [4.78, 5) is 11.2. The molecule has 2 saturated carbocycles. The maximum Gasteiger partial charge on any atom is 0.509 e. The van der Waals surface area contributed by atoms with Crippen molar-refractivity contribution in [2.24, 2.45) is 17.8 Å². The van der Waals surface area contributed by atoms with Gasteiger partial charge in [-0.1, -0.05) is 0 Å². The van der Waals surface area contributed by atoms with Crippen molar-refractivity contribution < 1.29 is 14.3 Å². The largest absolute Gasteiger partial charge is 0.509 e. The molecule has 5 atom stereocenters. The van der Waals surface area contributed by atoms with E-state index >= 15 is 0 Å². The standard InChI is InChI=1S/C12H19NO3/c1-2-15-12(14)16-10-6-9-7-3-4-8(5-7)11(9)13-10/h7-11,13H,2-6H2,1H3/t7?,8-,9?,10?,11-/m0/s1. The zero-order valence-electron chi connectivity index (χ0n) is 9.65. The second-order valence-corrected chi connectivity index (χ2v) is 5.21. The number of carbonyl (C=O) groups is 1. The van der Waals surface area contributed by atoms with Crippen molar-refractivity contribution in [1.82, 2.24) is 5.32 Å². The van der Waals surface area contributed by atoms with E-state index in [-0.39, 0.29) is 6.23 Å². The van der Waals surface area contributed by atoms with Crippen LogP contribution in [0.5, 0.6) is 0 Å². The Morgan fingerprint density at radius 2 is 2.12 bits per heavy atom. The van der Waals surface area contributed by atoms with Gasteiger partial charge in [-0.3, -0.25) is 5.32 Å². The second kappa shape index (κ2) is 3.91. The third-order valence-electron chi connectivity index (χ3n) is 4.45. The highest BCUT2D eigenvalue weighted by atomic mass is 16.7. The molecule has 1 aliphatic heterocycles. The molecule has 0 aromatic heterocycles. The molecule has 0 radical (unpaired) electrons. The van der Waals surface area contributed by atoms with Crippen molar-refractivity contribution in [3.05, 3.63) is 0 Å². The molecule has 1 N–H and O–H groups in total. The van der Waals surface area contributed by atoms with E-state index in [0.717, 1.165) is 24.2 Å². The SMILES string of the molecule is CCOC(=O)OC1CC2C3CC[C@@H](C3)[C@@H]2N1. The van der Waals surface area contributed by atoms with Gasteiger partial charge in [0.2, 0.25) is 0 Å². The van der Waals surface area contributed by atoms with E-state index in [1.807, 2.05) is 0 Å². The molecule has 0 amide bonds. The summed E-state index contributed by atoms with van der Waals surface area (Å²) in [6.07, 6.45) is 4.44. The van der Waals surface area contributed by atoms with Gasteiger partial charge in [0.25, 0.3) is 0 Å². The van der Waals surface area contributed by atoms with E-state index in [0.29, 0.717) is 12.6 Å². The van der Waals surface area contributed by atoms with Crippen LogP contribution in [0.4, 0.5) is 4.79 Å². The Hall–Kier alpha value is -0.770. The molecule has 4 heteroatoms. The summed E-state index contributed by atoms with van der Waals surface area (Å²) in [5.74, 6) is 2.43. The lowest BCUT2D eigenvalue weighted by Gasteiger charge is -2.23. The molecule has 4 nitrogen and oxygen atoms in total. The average molecular weight is 225 g/mol. The highest BCUT2D eigenvalue weighted by Crippen LogP contribution is 2.52. The molecule has 1 saturated heterocycles. The van der Waals surface area contributed by atoms with Crippen LogP contribution >= 0.6 is 0 Å². The minimum atomic E-state index is -0.535. The summed E-state index contributed by atoms with van der Waals surface area (Å²) in [5.41, 5.74) is 0. The molecule has 2 bridgehead atoms. The lowest BCUT2D eigenvalue weighted by atomic mass is 9.85. The summed E-state index contributed by atoms with van der Waals surface area (Å²) >= 11 is 0. The molecule has 3 rings (SSSR count). The van der Waals surface area contributed by atoms with Gasteiger partial charge in [-0.05, 0) is 43.9 Å². The van der Waals surface area contributed by atoms with Crippen LogP contribution in [0.25, 0.3) is 0 Å². The number of hydrogen-bond donors (Lipinski definition) is 1. The number of fused-ring (bicyclic) bond motifs is 5. The molecule has 1 heterocycles. The Kier molecular flexibility index (Phi) is 2.54. The van der Waals surface area contributed by atoms with Gasteiger partial charge in [0.1, 0.15) is 0 Å². The van der Waals surface area contributed by atoms with Gasteiger partial charge in [0.05, 0.1) is 6.61 Å². The Bertz CT molecular complexity index is 276. The predicted molar refractivity (Wildman–Crippen MR) is 57.8 cm³/mol. The zero-order chi connectivity index (χ0) is 11.1. The summed E-state index contributed by atoms with van der Waals surface area (Å²) in [6.45, 7) is 2.17. The molecular weight excluding hydrogens is 206 g/mol. The van der Waals surface area contributed by atoms with Gasteiger partial charge in [-0.15, -0.1) is 0 Å². The molecule has 90 valence electrons. The van der Waals surface area contributed by atoms with E-state index in [4.69, 9.17) is 9.47 Å². The fourth-order valence-electron chi connectivity index (χ4n) is 3.89. The Morgan fingerprint density at radius 1 is 1.31 bits per heavy atom. The highest BCUT2D eigenvalue weighted by molar-refractivity contribution is 5.60. The molecule has 3 fully saturated rings. The lowest BCUT2D eigenvalue weighted by Crippen LogP contribution is -2.37. The Balaban J connectivity index is 1.56. The minimum Gasteiger partial charge on any atom is -0.435 e. The number of nitrogens with one attached hydrogen (secondary N) is 1. The Morgan fingerprint density at radius 3 is 2.88 bits per heavy atom. The van der Waals surface area contributed by atoms with Crippen LogP contribution in [0.1, 0.15) is 32.6 Å². The molecule has 0 aromatic rings. The maximum absolute atomic E-state index is 11.2. The number of carbonyl (C=O) groups excluding carboxylic acids is 1. The van der Waals surface area contributed by atoms with Gasteiger partial charge >= 0.3 is 6.16 Å². The Labute approximate surface area is 95.7 Å². The topological polar surface area (TPSA) is 47.6 Å². The molecule has 2 aliphatic carbocycles. The lowest BCUT2D eigenvalue weighted by molar-refractivity contribution is 0.0174. The summed E-state index contributed by atoms with van der Waals surface area (Å²) in [6, 6.07) is 0.596. The molecule has 0 aromatic carbocycles. The third kappa shape index (κ3) is 1.59. The molecule has 3 aliphatic rings. The van der Waals surface area contributed by atoms with Gasteiger partial charge < -0.3 is 9.47 Å². The first-order valence-electron chi connectivity index (χ1n) is 6.37. The fourth-order valence-corrected chi connectivity index (χ4v) is 3.89. The van der Waals surface area contributed by atoms with Crippen LogP contribution in [0.3, 0.4) is 0 Å². The van der Waals surface area contributed by atoms with E-state index in [1.54, 1.807) is 6.92 Å². The van der Waals surface area contributed by atoms with Crippen molar-refractivity contribution in [2.45, 2.75) is 44.9 Å². The monoisotopic (exact) mass is 225 g/mol. The molecule has 3 unspecified atom stereocenters. The van der Waals surface area contributed by atoms with Crippen molar-refractivity contribution >= 4 is 6.16 Å². The van der Waals surface area contributed by atoms with E-state index in [2.05, 4.69) is 5.32 Å². The van der Waals surface area contributed by atoms with Crippen LogP contribution in [0, 0.1) is 17.8 Å². The summed E-state index contributed by atoms with van der Waals surface area (Å²) in [7, 11) is 0. The van der Waals surface area contributed by atoms with Crippen molar-refractivity contribution in [1.29, 1.82) is 0 Å². The van der Waals surface area contributed by atoms with Crippen molar-refractivity contribution in [3.63, 3.8) is 0 Å². The van der Waals surface area contributed by atoms with E-state index in [1.165, 1.54) is 19.3 Å². The van der Waals surface area contributed by atoms with Gasteiger partial charge in [-0.2, -0.15) is 0 Å². The van der Waals surface area contributed by atoms with Crippen molar-refractivity contribution in [3.8, 4) is 0 Å². The first-order valence-corrected chi connectivity index (χ1v) is 6.37. The molecular formula is C12H19NO3. The van der Waals surface area contributed by atoms with Crippen LogP contribution in [0.2, 0.25) is 0 Å². The van der Waals surface area contributed by atoms with E-state index < -0.39 is 6.16 Å². The van der Waals surface area contributed by atoms with Gasteiger partial charge in [0, 0.05) is 12.5 Å². The fraction of sp³-hybridized carbons (Fsp3) is 0.917.